The fourth-order valence-corrected chi connectivity index (χ4v) is 1.99. The van der Waals surface area contributed by atoms with E-state index in [9.17, 15) is 9.90 Å². The van der Waals surface area contributed by atoms with Gasteiger partial charge >= 0.3 is 0 Å². The van der Waals surface area contributed by atoms with E-state index in [0.717, 1.165) is 0 Å². The topological polar surface area (TPSA) is 78.0 Å². The van der Waals surface area contributed by atoms with Crippen molar-refractivity contribution in [1.29, 1.82) is 0 Å². The first kappa shape index (κ1) is 15.0. The van der Waals surface area contributed by atoms with Crippen molar-refractivity contribution in [2.24, 2.45) is 5.92 Å². The minimum Gasteiger partial charge on any atom is -0.392 e. The predicted octanol–water partition coefficient (Wildman–Crippen LogP) is 1.68. The molecule has 1 heterocycles. The number of hydrogen-bond donors (Lipinski definition) is 3. The maximum absolute atomic E-state index is 11.9. The summed E-state index contributed by atoms with van der Waals surface area (Å²) in [4.78, 5) is 19.0. The number of aliphatic hydroxyl groups is 1. The molecule has 0 fully saturated rings. The molecule has 0 aliphatic heterocycles. The fraction of sp³-hybridized carbons (Fsp3) is 0.429. The van der Waals surface area contributed by atoms with Crippen LogP contribution in [-0.2, 0) is 6.54 Å². The van der Waals surface area contributed by atoms with Crippen LogP contribution in [0.25, 0.3) is 10.9 Å². The molecule has 2 rings (SSSR count). The van der Waals surface area contributed by atoms with Gasteiger partial charge in [0.2, 0.25) is 0 Å². The lowest BCUT2D eigenvalue weighted by Gasteiger charge is -2.14. The van der Waals surface area contributed by atoms with Crippen LogP contribution in [0.5, 0.6) is 0 Å². The Hall–Kier alpha value is -1.43. The van der Waals surface area contributed by atoms with E-state index in [1.807, 2.05) is 13.8 Å². The van der Waals surface area contributed by atoms with Crippen LogP contribution in [-0.4, -0.2) is 27.7 Å². The third-order valence-corrected chi connectivity index (χ3v) is 3.37. The quantitative estimate of drug-likeness (QED) is 0.784. The molecular formula is C14H18ClN3O2. The summed E-state index contributed by atoms with van der Waals surface area (Å²) >= 11 is 5.90. The van der Waals surface area contributed by atoms with E-state index >= 15 is 0 Å². The monoisotopic (exact) mass is 295 g/mol. The van der Waals surface area contributed by atoms with Crippen LogP contribution < -0.4 is 10.9 Å². The molecule has 1 aromatic carbocycles. The van der Waals surface area contributed by atoms with Gasteiger partial charge in [0.15, 0.2) is 0 Å². The van der Waals surface area contributed by atoms with Gasteiger partial charge in [0, 0.05) is 11.6 Å². The molecule has 0 aliphatic carbocycles. The molecule has 0 spiro atoms. The summed E-state index contributed by atoms with van der Waals surface area (Å²) in [6.45, 7) is 4.74. The van der Waals surface area contributed by atoms with Crippen molar-refractivity contribution in [2.45, 2.75) is 26.5 Å². The smallest absolute Gasteiger partial charge is 0.258 e. The Morgan fingerprint density at radius 2 is 2.20 bits per heavy atom. The first-order valence-electron chi connectivity index (χ1n) is 6.54. The van der Waals surface area contributed by atoms with Crippen LogP contribution in [0.1, 0.15) is 19.7 Å². The van der Waals surface area contributed by atoms with Crippen molar-refractivity contribution in [3.8, 4) is 0 Å². The Balaban J connectivity index is 2.13. The van der Waals surface area contributed by atoms with Crippen LogP contribution >= 0.6 is 11.6 Å². The number of rotatable bonds is 5. The van der Waals surface area contributed by atoms with Crippen LogP contribution in [0, 0.1) is 5.92 Å². The molecule has 0 radical (unpaired) electrons. The first-order valence-corrected chi connectivity index (χ1v) is 6.92. The van der Waals surface area contributed by atoms with E-state index in [0.29, 0.717) is 34.8 Å². The first-order chi connectivity index (χ1) is 9.47. The highest BCUT2D eigenvalue weighted by Crippen LogP contribution is 2.14. The number of H-pyrrole nitrogens is 1. The third kappa shape index (κ3) is 3.56. The SMILES string of the molecule is CC(C)C(O)CNCc1nc2cc(Cl)ccc2c(=O)[nH]1. The number of aromatic amines is 1. The Bertz CT molecular complexity index is 654. The number of fused-ring (bicyclic) bond motifs is 1. The van der Waals surface area contributed by atoms with E-state index in [4.69, 9.17) is 11.6 Å². The number of halogens is 1. The summed E-state index contributed by atoms with van der Waals surface area (Å²) in [5.41, 5.74) is 0.385. The Morgan fingerprint density at radius 3 is 2.90 bits per heavy atom. The normalized spacial score (nSPS) is 13.1. The van der Waals surface area contributed by atoms with Gasteiger partial charge in [-0.15, -0.1) is 0 Å². The second kappa shape index (κ2) is 6.35. The van der Waals surface area contributed by atoms with Crippen molar-refractivity contribution in [3.05, 3.63) is 39.4 Å². The Labute approximate surface area is 122 Å². The maximum atomic E-state index is 11.9. The summed E-state index contributed by atoms with van der Waals surface area (Å²) in [5.74, 6) is 0.714. The molecule has 2 aromatic rings. The second-order valence-corrected chi connectivity index (χ2v) is 5.55. The molecule has 0 amide bonds. The standard InChI is InChI=1S/C14H18ClN3O2/c1-8(2)12(19)6-16-7-13-17-11-5-9(15)3-4-10(11)14(20)18-13/h3-5,8,12,16,19H,6-7H2,1-2H3,(H,17,18,20). The highest BCUT2D eigenvalue weighted by atomic mass is 35.5. The molecular weight excluding hydrogens is 278 g/mol. The minimum atomic E-state index is -0.420. The lowest BCUT2D eigenvalue weighted by Crippen LogP contribution is -2.31. The van der Waals surface area contributed by atoms with Crippen LogP contribution in [0.3, 0.4) is 0 Å². The van der Waals surface area contributed by atoms with Crippen molar-refractivity contribution < 1.29 is 5.11 Å². The zero-order chi connectivity index (χ0) is 14.7. The van der Waals surface area contributed by atoms with Crippen LogP contribution in [0.15, 0.2) is 23.0 Å². The number of aliphatic hydroxyl groups excluding tert-OH is 1. The van der Waals surface area contributed by atoms with Gasteiger partial charge in [-0.3, -0.25) is 4.79 Å². The number of nitrogens with one attached hydrogen (secondary N) is 2. The van der Waals surface area contributed by atoms with Gasteiger partial charge in [0.25, 0.3) is 5.56 Å². The van der Waals surface area contributed by atoms with E-state index in [-0.39, 0.29) is 11.5 Å². The minimum absolute atomic E-state index is 0.185. The van der Waals surface area contributed by atoms with E-state index in [1.165, 1.54) is 0 Å². The molecule has 1 unspecified atom stereocenters. The van der Waals surface area contributed by atoms with Gasteiger partial charge in [-0.05, 0) is 24.1 Å². The molecule has 6 heteroatoms. The summed E-state index contributed by atoms with van der Waals surface area (Å²) in [6, 6.07) is 4.99. The van der Waals surface area contributed by atoms with Gasteiger partial charge in [-0.1, -0.05) is 25.4 Å². The lowest BCUT2D eigenvalue weighted by atomic mass is 10.1. The van der Waals surface area contributed by atoms with Gasteiger partial charge in [-0.25, -0.2) is 4.98 Å². The molecule has 0 aliphatic rings. The molecule has 0 saturated heterocycles. The molecule has 0 bridgehead atoms. The van der Waals surface area contributed by atoms with Crippen molar-refractivity contribution in [1.82, 2.24) is 15.3 Å². The Kier molecular flexibility index (Phi) is 4.75. The van der Waals surface area contributed by atoms with Crippen molar-refractivity contribution in [2.75, 3.05) is 6.54 Å². The summed E-state index contributed by atoms with van der Waals surface area (Å²) in [5, 5.41) is 13.8. The Morgan fingerprint density at radius 1 is 1.45 bits per heavy atom. The van der Waals surface area contributed by atoms with Crippen LogP contribution in [0.4, 0.5) is 0 Å². The van der Waals surface area contributed by atoms with Gasteiger partial charge in [-0.2, -0.15) is 0 Å². The second-order valence-electron chi connectivity index (χ2n) is 5.12. The number of hydrogen-bond acceptors (Lipinski definition) is 4. The molecule has 3 N–H and O–H groups in total. The molecule has 1 atom stereocenters. The summed E-state index contributed by atoms with van der Waals surface area (Å²) in [6.07, 6.45) is -0.420. The van der Waals surface area contributed by atoms with E-state index in [1.54, 1.807) is 18.2 Å². The average molecular weight is 296 g/mol. The third-order valence-electron chi connectivity index (χ3n) is 3.13. The maximum Gasteiger partial charge on any atom is 0.258 e. The molecule has 5 nitrogen and oxygen atoms in total. The predicted molar refractivity (Wildman–Crippen MR) is 79.9 cm³/mol. The molecule has 0 saturated carbocycles. The molecule has 1 aromatic heterocycles. The fourth-order valence-electron chi connectivity index (χ4n) is 1.82. The largest absolute Gasteiger partial charge is 0.392 e. The summed E-state index contributed by atoms with van der Waals surface area (Å²) < 4.78 is 0. The van der Waals surface area contributed by atoms with Crippen LogP contribution in [0.2, 0.25) is 5.02 Å². The highest BCUT2D eigenvalue weighted by Gasteiger charge is 2.09. The average Bonchev–Trinajstić information content (AvgIpc) is 2.37. The van der Waals surface area contributed by atoms with Gasteiger partial charge in [0.05, 0.1) is 23.6 Å². The summed E-state index contributed by atoms with van der Waals surface area (Å²) in [7, 11) is 0. The molecule has 20 heavy (non-hydrogen) atoms. The number of benzene rings is 1. The molecule has 108 valence electrons. The zero-order valence-electron chi connectivity index (χ0n) is 11.5. The van der Waals surface area contributed by atoms with Crippen molar-refractivity contribution in [3.63, 3.8) is 0 Å². The van der Waals surface area contributed by atoms with Gasteiger partial charge < -0.3 is 15.4 Å². The lowest BCUT2D eigenvalue weighted by molar-refractivity contribution is 0.123. The van der Waals surface area contributed by atoms with Gasteiger partial charge in [0.1, 0.15) is 5.82 Å². The van der Waals surface area contributed by atoms with E-state index < -0.39 is 6.10 Å². The number of nitrogens with zero attached hydrogens (tertiary/aromatic N) is 1. The zero-order valence-corrected chi connectivity index (χ0v) is 12.2. The van der Waals surface area contributed by atoms with Crippen molar-refractivity contribution >= 4 is 22.5 Å². The highest BCUT2D eigenvalue weighted by molar-refractivity contribution is 6.31. The number of aromatic nitrogens is 2. The van der Waals surface area contributed by atoms with E-state index in [2.05, 4.69) is 15.3 Å².